The molecular formula is C25H29N5O4. The molecule has 178 valence electrons. The number of ether oxygens (including phenoxy) is 3. The largest absolute Gasteiger partial charge is 0.495 e. The van der Waals surface area contributed by atoms with E-state index < -0.39 is 0 Å². The molecule has 0 saturated carbocycles. The number of pyridine rings is 3. The van der Waals surface area contributed by atoms with Crippen LogP contribution in [0, 0.1) is 0 Å². The van der Waals surface area contributed by atoms with Crippen LogP contribution in [0.25, 0.3) is 11.0 Å². The number of methoxy groups -OCH3 is 1. The first kappa shape index (κ1) is 21.4. The highest BCUT2D eigenvalue weighted by molar-refractivity contribution is 5.82. The Kier molecular flexibility index (Phi) is 5.58. The molecular weight excluding hydrogens is 434 g/mol. The Hall–Kier alpha value is -3.17. The van der Waals surface area contributed by atoms with Crippen molar-refractivity contribution < 1.29 is 14.2 Å². The van der Waals surface area contributed by atoms with Gasteiger partial charge >= 0.3 is 0 Å². The van der Waals surface area contributed by atoms with E-state index in [-0.39, 0.29) is 11.6 Å². The number of nitrogens with one attached hydrogen (secondary N) is 1. The molecule has 3 aromatic rings. The summed E-state index contributed by atoms with van der Waals surface area (Å²) in [6.07, 6.45) is 6.45. The lowest BCUT2D eigenvalue weighted by molar-refractivity contribution is 0.169. The van der Waals surface area contributed by atoms with Crippen LogP contribution in [0.4, 0.5) is 0 Å². The monoisotopic (exact) mass is 463 g/mol. The van der Waals surface area contributed by atoms with Crippen LogP contribution in [0.3, 0.4) is 0 Å². The molecule has 1 atom stereocenters. The topological polar surface area (TPSA) is 90.7 Å². The molecule has 1 fully saturated rings. The molecule has 6 heterocycles. The first-order valence-electron chi connectivity index (χ1n) is 12.0. The fourth-order valence-electron chi connectivity index (χ4n) is 5.43. The third-order valence-corrected chi connectivity index (χ3v) is 7.15. The highest BCUT2D eigenvalue weighted by Gasteiger charge is 2.31. The van der Waals surface area contributed by atoms with Gasteiger partial charge in [-0.25, -0.2) is 0 Å². The smallest absolute Gasteiger partial charge is 0.251 e. The molecule has 0 aromatic carbocycles. The molecule has 1 N–H and O–H groups in total. The number of hydrogen-bond acceptors (Lipinski definition) is 8. The van der Waals surface area contributed by atoms with Gasteiger partial charge in [-0.05, 0) is 32.0 Å². The number of rotatable bonds is 6. The number of nitrogens with zero attached hydrogens (tertiary/aromatic N) is 4. The molecule has 0 bridgehead atoms. The van der Waals surface area contributed by atoms with Crippen molar-refractivity contribution in [1.82, 2.24) is 24.8 Å². The van der Waals surface area contributed by atoms with Crippen molar-refractivity contribution in [2.45, 2.75) is 37.9 Å². The van der Waals surface area contributed by atoms with Crippen LogP contribution in [0.1, 0.15) is 30.1 Å². The SMILES string of the molecule is COc1cnc2ccc(=O)n3c2c1CC3CN1CCC(NCc2cc3c(cn2)OCCO3)CC1. The van der Waals surface area contributed by atoms with Crippen LogP contribution in [0.15, 0.2) is 35.4 Å². The van der Waals surface area contributed by atoms with Crippen molar-refractivity contribution in [2.75, 3.05) is 40.0 Å². The van der Waals surface area contributed by atoms with Crippen LogP contribution in [0.5, 0.6) is 17.2 Å². The van der Waals surface area contributed by atoms with Gasteiger partial charge in [0.05, 0.1) is 42.3 Å². The Labute approximate surface area is 197 Å². The number of hydrogen-bond donors (Lipinski definition) is 1. The van der Waals surface area contributed by atoms with Crippen LogP contribution < -0.4 is 25.1 Å². The third kappa shape index (κ3) is 3.88. The van der Waals surface area contributed by atoms with Crippen LogP contribution in [-0.2, 0) is 13.0 Å². The Morgan fingerprint density at radius 1 is 1.12 bits per heavy atom. The first-order valence-corrected chi connectivity index (χ1v) is 12.0. The van der Waals surface area contributed by atoms with E-state index in [0.29, 0.717) is 25.8 Å². The number of fused-ring (bicyclic) bond motifs is 1. The van der Waals surface area contributed by atoms with Gasteiger partial charge in [0, 0.05) is 43.2 Å². The number of piperidine rings is 1. The summed E-state index contributed by atoms with van der Waals surface area (Å²) in [5.41, 5.74) is 3.88. The van der Waals surface area contributed by atoms with Gasteiger partial charge in [-0.3, -0.25) is 14.8 Å². The maximum absolute atomic E-state index is 12.8. The Balaban J connectivity index is 1.07. The predicted molar refractivity (Wildman–Crippen MR) is 127 cm³/mol. The molecule has 0 amide bonds. The van der Waals surface area contributed by atoms with E-state index in [0.717, 1.165) is 78.4 Å². The van der Waals surface area contributed by atoms with Crippen LogP contribution in [-0.4, -0.2) is 65.4 Å². The lowest BCUT2D eigenvalue weighted by Gasteiger charge is -2.34. The van der Waals surface area contributed by atoms with Gasteiger partial charge in [-0.15, -0.1) is 0 Å². The lowest BCUT2D eigenvalue weighted by Crippen LogP contribution is -2.44. The summed E-state index contributed by atoms with van der Waals surface area (Å²) < 4.78 is 18.7. The van der Waals surface area contributed by atoms with Crippen molar-refractivity contribution in [1.29, 1.82) is 0 Å². The summed E-state index contributed by atoms with van der Waals surface area (Å²) in [7, 11) is 1.66. The van der Waals surface area contributed by atoms with Gasteiger partial charge in [0.2, 0.25) is 0 Å². The number of aromatic nitrogens is 3. The average Bonchev–Trinajstić information content (AvgIpc) is 3.26. The second-order valence-corrected chi connectivity index (χ2v) is 9.21. The van der Waals surface area contributed by atoms with E-state index in [1.807, 2.05) is 16.7 Å². The molecule has 0 aliphatic carbocycles. The normalized spacial score (nSPS) is 20.1. The van der Waals surface area contributed by atoms with Crippen molar-refractivity contribution >= 4 is 11.0 Å². The Morgan fingerprint density at radius 2 is 1.94 bits per heavy atom. The predicted octanol–water partition coefficient (Wildman–Crippen LogP) is 1.92. The Bertz CT molecular complexity index is 1270. The zero-order valence-corrected chi connectivity index (χ0v) is 19.3. The molecule has 34 heavy (non-hydrogen) atoms. The van der Waals surface area contributed by atoms with Gasteiger partial charge < -0.3 is 29.0 Å². The highest BCUT2D eigenvalue weighted by atomic mass is 16.6. The molecule has 1 saturated heterocycles. The summed E-state index contributed by atoms with van der Waals surface area (Å²) in [6.45, 7) is 4.72. The van der Waals surface area contributed by atoms with E-state index in [1.54, 1.807) is 25.6 Å². The maximum Gasteiger partial charge on any atom is 0.251 e. The van der Waals surface area contributed by atoms with Gasteiger partial charge in [0.1, 0.15) is 19.0 Å². The molecule has 9 heteroatoms. The summed E-state index contributed by atoms with van der Waals surface area (Å²) in [6, 6.07) is 5.97. The zero-order valence-electron chi connectivity index (χ0n) is 19.3. The van der Waals surface area contributed by atoms with Gasteiger partial charge in [0.25, 0.3) is 5.56 Å². The minimum atomic E-state index is 0.0368. The highest BCUT2D eigenvalue weighted by Crippen LogP contribution is 2.36. The van der Waals surface area contributed by atoms with Gasteiger partial charge in [-0.2, -0.15) is 0 Å². The first-order chi connectivity index (χ1) is 16.7. The van der Waals surface area contributed by atoms with E-state index in [4.69, 9.17) is 14.2 Å². The second kappa shape index (κ2) is 8.88. The molecule has 3 aromatic heterocycles. The van der Waals surface area contributed by atoms with Gasteiger partial charge in [0.15, 0.2) is 11.5 Å². The maximum atomic E-state index is 12.8. The lowest BCUT2D eigenvalue weighted by atomic mass is 10.0. The van der Waals surface area contributed by atoms with E-state index in [1.165, 1.54) is 0 Å². The van der Waals surface area contributed by atoms with E-state index in [9.17, 15) is 4.79 Å². The Morgan fingerprint density at radius 3 is 2.76 bits per heavy atom. The molecule has 0 spiro atoms. The molecule has 6 rings (SSSR count). The summed E-state index contributed by atoms with van der Waals surface area (Å²) in [5.74, 6) is 2.27. The zero-order chi connectivity index (χ0) is 23.1. The summed E-state index contributed by atoms with van der Waals surface area (Å²) in [5, 5.41) is 3.65. The molecule has 3 aliphatic heterocycles. The molecule has 1 unspecified atom stereocenters. The molecule has 0 radical (unpaired) electrons. The fourth-order valence-corrected chi connectivity index (χ4v) is 5.43. The number of likely N-dealkylation sites (tertiary alicyclic amines) is 1. The molecule has 9 nitrogen and oxygen atoms in total. The van der Waals surface area contributed by atoms with Gasteiger partial charge in [-0.1, -0.05) is 0 Å². The van der Waals surface area contributed by atoms with E-state index >= 15 is 0 Å². The minimum Gasteiger partial charge on any atom is -0.495 e. The molecule has 3 aliphatic rings. The van der Waals surface area contributed by atoms with Crippen LogP contribution in [0.2, 0.25) is 0 Å². The van der Waals surface area contributed by atoms with Crippen molar-refractivity contribution in [3.8, 4) is 17.2 Å². The summed E-state index contributed by atoms with van der Waals surface area (Å²) in [4.78, 5) is 24.2. The second-order valence-electron chi connectivity index (χ2n) is 9.21. The van der Waals surface area contributed by atoms with Crippen molar-refractivity contribution in [3.05, 3.63) is 52.2 Å². The quantitative estimate of drug-likeness (QED) is 0.593. The van der Waals surface area contributed by atoms with Crippen molar-refractivity contribution in [2.24, 2.45) is 0 Å². The fraction of sp³-hybridized carbons (Fsp3) is 0.480. The average molecular weight is 464 g/mol. The third-order valence-electron chi connectivity index (χ3n) is 7.15. The van der Waals surface area contributed by atoms with Crippen LogP contribution >= 0.6 is 0 Å². The van der Waals surface area contributed by atoms with Crippen molar-refractivity contribution in [3.63, 3.8) is 0 Å². The standard InChI is InChI=1S/C25H29N5O4/c1-32-22-13-28-20-2-3-24(31)30-18(11-19(22)25(20)30)15-29-6-4-16(5-7-29)26-12-17-10-21-23(14-27-17)34-9-8-33-21/h2-3,10,13-14,16,18,26H,4-9,11-12,15H2,1H3. The van der Waals surface area contributed by atoms with E-state index in [2.05, 4.69) is 20.2 Å². The summed E-state index contributed by atoms with van der Waals surface area (Å²) >= 11 is 0. The minimum absolute atomic E-state index is 0.0368.